The van der Waals surface area contributed by atoms with E-state index in [1.54, 1.807) is 17.3 Å². The topological polar surface area (TPSA) is 82.1 Å². The second-order valence-corrected chi connectivity index (χ2v) is 5.67. The van der Waals surface area contributed by atoms with Gasteiger partial charge in [0.05, 0.1) is 25.8 Å². The Kier molecular flexibility index (Phi) is 3.40. The summed E-state index contributed by atoms with van der Waals surface area (Å²) in [6.07, 6.45) is 5.73. The fraction of sp³-hybridized carbons (Fsp3) is 0.692. The molecule has 0 amide bonds. The fourth-order valence-electron chi connectivity index (χ4n) is 2.60. The summed E-state index contributed by atoms with van der Waals surface area (Å²) in [4.78, 5) is 10.7. The molecule has 0 N–H and O–H groups in total. The largest absolute Gasteiger partial charge is 0.374 e. The first-order chi connectivity index (χ1) is 10.4. The first-order valence-corrected chi connectivity index (χ1v) is 7.35. The summed E-state index contributed by atoms with van der Waals surface area (Å²) in [6, 6.07) is 0. The van der Waals surface area contributed by atoms with Gasteiger partial charge in [-0.3, -0.25) is 9.58 Å². The van der Waals surface area contributed by atoms with Crippen LogP contribution < -0.4 is 0 Å². The van der Waals surface area contributed by atoms with Crippen molar-refractivity contribution in [3.8, 4) is 0 Å². The summed E-state index contributed by atoms with van der Waals surface area (Å²) in [5.41, 5.74) is 0. The van der Waals surface area contributed by atoms with Crippen LogP contribution in [-0.4, -0.2) is 55.6 Å². The zero-order valence-corrected chi connectivity index (χ0v) is 11.8. The molecule has 8 heteroatoms. The standard InChI is InChI=1S/C13H18N6O2/c1-2-10(1)13-16-12(17-21-13)7-18-3-4-20-11(5-18)6-19-9-14-8-15-19/h8-11H,1-7H2/t11-/m1/s1. The van der Waals surface area contributed by atoms with E-state index >= 15 is 0 Å². The molecule has 1 saturated carbocycles. The van der Waals surface area contributed by atoms with Crippen LogP contribution >= 0.6 is 0 Å². The van der Waals surface area contributed by atoms with Crippen LogP contribution in [-0.2, 0) is 17.8 Å². The van der Waals surface area contributed by atoms with E-state index in [4.69, 9.17) is 9.26 Å². The Morgan fingerprint density at radius 3 is 3.10 bits per heavy atom. The minimum atomic E-state index is 0.121. The van der Waals surface area contributed by atoms with E-state index < -0.39 is 0 Å². The highest BCUT2D eigenvalue weighted by Crippen LogP contribution is 2.38. The molecule has 2 aliphatic rings. The van der Waals surface area contributed by atoms with Gasteiger partial charge >= 0.3 is 0 Å². The quantitative estimate of drug-likeness (QED) is 0.790. The van der Waals surface area contributed by atoms with Gasteiger partial charge in [0.2, 0.25) is 5.89 Å². The van der Waals surface area contributed by atoms with Gasteiger partial charge in [-0.25, -0.2) is 4.98 Å². The molecule has 112 valence electrons. The number of ether oxygens (including phenoxy) is 1. The molecule has 0 bridgehead atoms. The van der Waals surface area contributed by atoms with E-state index in [-0.39, 0.29) is 6.10 Å². The van der Waals surface area contributed by atoms with E-state index in [1.807, 2.05) is 0 Å². The Hall–Kier alpha value is -1.80. The maximum Gasteiger partial charge on any atom is 0.229 e. The summed E-state index contributed by atoms with van der Waals surface area (Å²) < 4.78 is 12.9. The van der Waals surface area contributed by atoms with E-state index in [1.165, 1.54) is 12.8 Å². The maximum absolute atomic E-state index is 5.78. The predicted molar refractivity (Wildman–Crippen MR) is 71.3 cm³/mol. The van der Waals surface area contributed by atoms with Crippen LogP contribution in [0.1, 0.15) is 30.5 Å². The van der Waals surface area contributed by atoms with Crippen LogP contribution in [0.3, 0.4) is 0 Å². The zero-order valence-electron chi connectivity index (χ0n) is 11.8. The summed E-state index contributed by atoms with van der Waals surface area (Å²) >= 11 is 0. The Labute approximate surface area is 122 Å². The van der Waals surface area contributed by atoms with Crippen molar-refractivity contribution in [1.82, 2.24) is 29.8 Å². The average molecular weight is 290 g/mol. The molecular weight excluding hydrogens is 272 g/mol. The van der Waals surface area contributed by atoms with E-state index in [9.17, 15) is 0 Å². The van der Waals surface area contributed by atoms with Crippen molar-refractivity contribution in [3.63, 3.8) is 0 Å². The third-order valence-corrected chi connectivity index (χ3v) is 3.86. The Balaban J connectivity index is 1.33. The zero-order chi connectivity index (χ0) is 14.1. The smallest absolute Gasteiger partial charge is 0.229 e. The minimum Gasteiger partial charge on any atom is -0.374 e. The van der Waals surface area contributed by atoms with Gasteiger partial charge in [0.1, 0.15) is 12.7 Å². The van der Waals surface area contributed by atoms with Crippen molar-refractivity contribution in [2.24, 2.45) is 0 Å². The second-order valence-electron chi connectivity index (χ2n) is 5.67. The molecule has 2 aromatic rings. The van der Waals surface area contributed by atoms with Gasteiger partial charge in [0.15, 0.2) is 5.82 Å². The molecule has 0 spiro atoms. The van der Waals surface area contributed by atoms with Gasteiger partial charge in [-0.05, 0) is 12.8 Å². The van der Waals surface area contributed by atoms with Crippen LogP contribution in [0, 0.1) is 0 Å². The van der Waals surface area contributed by atoms with Crippen molar-refractivity contribution in [3.05, 3.63) is 24.4 Å². The van der Waals surface area contributed by atoms with Crippen molar-refractivity contribution in [1.29, 1.82) is 0 Å². The summed E-state index contributed by atoms with van der Waals surface area (Å²) in [5.74, 6) is 2.09. The van der Waals surface area contributed by atoms with E-state index in [0.29, 0.717) is 19.1 Å². The lowest BCUT2D eigenvalue weighted by Gasteiger charge is -2.31. The fourth-order valence-corrected chi connectivity index (χ4v) is 2.60. The van der Waals surface area contributed by atoms with Gasteiger partial charge in [-0.2, -0.15) is 10.1 Å². The van der Waals surface area contributed by atoms with Gasteiger partial charge < -0.3 is 9.26 Å². The number of hydrogen-bond acceptors (Lipinski definition) is 7. The Bertz CT molecular complexity index is 579. The number of nitrogens with zero attached hydrogens (tertiary/aromatic N) is 6. The molecule has 1 saturated heterocycles. The second kappa shape index (κ2) is 5.53. The predicted octanol–water partition coefficient (Wildman–Crippen LogP) is 0.439. The Morgan fingerprint density at radius 1 is 1.33 bits per heavy atom. The molecular formula is C13H18N6O2. The van der Waals surface area contributed by atoms with Crippen LogP contribution in [0.25, 0.3) is 0 Å². The molecule has 1 aliphatic heterocycles. The maximum atomic E-state index is 5.78. The van der Waals surface area contributed by atoms with Crippen molar-refractivity contribution in [2.45, 2.75) is 38.0 Å². The third kappa shape index (κ3) is 3.11. The molecule has 2 aromatic heterocycles. The SMILES string of the molecule is c1ncn(C[C@H]2CN(Cc3noc(C4CC4)n3)CCO2)n1. The van der Waals surface area contributed by atoms with Crippen molar-refractivity contribution in [2.75, 3.05) is 19.7 Å². The molecule has 21 heavy (non-hydrogen) atoms. The highest BCUT2D eigenvalue weighted by Gasteiger charge is 2.30. The van der Waals surface area contributed by atoms with E-state index in [0.717, 1.165) is 31.3 Å². The minimum absolute atomic E-state index is 0.121. The number of hydrogen-bond donors (Lipinski definition) is 0. The summed E-state index contributed by atoms with van der Waals surface area (Å²) in [5, 5.41) is 8.19. The first kappa shape index (κ1) is 12.9. The monoisotopic (exact) mass is 290 g/mol. The van der Waals surface area contributed by atoms with Gasteiger partial charge in [0.25, 0.3) is 0 Å². The molecule has 0 unspecified atom stereocenters. The third-order valence-electron chi connectivity index (χ3n) is 3.86. The van der Waals surface area contributed by atoms with E-state index in [2.05, 4.69) is 25.1 Å². The molecule has 4 rings (SSSR count). The molecule has 0 aromatic carbocycles. The van der Waals surface area contributed by atoms with Crippen molar-refractivity contribution < 1.29 is 9.26 Å². The van der Waals surface area contributed by atoms with Crippen LogP contribution in [0.4, 0.5) is 0 Å². The summed E-state index contributed by atoms with van der Waals surface area (Å²) in [7, 11) is 0. The summed E-state index contributed by atoms with van der Waals surface area (Å²) in [6.45, 7) is 3.88. The average Bonchev–Trinajstić information content (AvgIpc) is 3.02. The number of aromatic nitrogens is 5. The number of morpholine rings is 1. The highest BCUT2D eigenvalue weighted by atomic mass is 16.5. The first-order valence-electron chi connectivity index (χ1n) is 7.35. The van der Waals surface area contributed by atoms with Crippen LogP contribution in [0.2, 0.25) is 0 Å². The molecule has 2 fully saturated rings. The molecule has 0 radical (unpaired) electrons. The molecule has 1 atom stereocenters. The van der Waals surface area contributed by atoms with Crippen LogP contribution in [0.5, 0.6) is 0 Å². The normalized spacial score (nSPS) is 23.5. The lowest BCUT2D eigenvalue weighted by molar-refractivity contribution is -0.0411. The van der Waals surface area contributed by atoms with Gasteiger partial charge in [-0.15, -0.1) is 0 Å². The lowest BCUT2D eigenvalue weighted by Crippen LogP contribution is -2.43. The highest BCUT2D eigenvalue weighted by molar-refractivity contribution is 5.01. The van der Waals surface area contributed by atoms with Crippen molar-refractivity contribution >= 4 is 0 Å². The number of rotatable bonds is 5. The molecule has 1 aliphatic carbocycles. The van der Waals surface area contributed by atoms with Crippen LogP contribution in [0.15, 0.2) is 17.2 Å². The molecule has 8 nitrogen and oxygen atoms in total. The van der Waals surface area contributed by atoms with Gasteiger partial charge in [0, 0.05) is 19.0 Å². The van der Waals surface area contributed by atoms with Gasteiger partial charge in [-0.1, -0.05) is 5.16 Å². The molecule has 3 heterocycles. The lowest BCUT2D eigenvalue weighted by atomic mass is 10.2. The Morgan fingerprint density at radius 2 is 2.29 bits per heavy atom.